The van der Waals surface area contributed by atoms with E-state index in [1.807, 2.05) is 54.0 Å². The quantitative estimate of drug-likeness (QED) is 0.180. The summed E-state index contributed by atoms with van der Waals surface area (Å²) in [7, 11) is 0. The molecule has 1 amide bonds. The summed E-state index contributed by atoms with van der Waals surface area (Å²) < 4.78 is 7.86. The molecule has 0 bridgehead atoms. The molecule has 9 nitrogen and oxygen atoms in total. The molecule has 0 atom stereocenters. The maximum atomic E-state index is 13.4. The lowest BCUT2D eigenvalue weighted by Gasteiger charge is -2.13. The van der Waals surface area contributed by atoms with Crippen LogP contribution in [0.25, 0.3) is 33.5 Å². The predicted molar refractivity (Wildman–Crippen MR) is 168 cm³/mol. The number of carbonyl (C=O) groups is 1. The maximum Gasteiger partial charge on any atom is 0.297 e. The Morgan fingerprint density at radius 2 is 1.79 bits per heavy atom. The van der Waals surface area contributed by atoms with Crippen LogP contribution in [-0.2, 0) is 13.0 Å². The Balaban J connectivity index is 1.27. The van der Waals surface area contributed by atoms with Crippen molar-refractivity contribution >= 4 is 40.1 Å². The molecule has 0 fully saturated rings. The van der Waals surface area contributed by atoms with Crippen molar-refractivity contribution in [2.75, 3.05) is 13.2 Å². The van der Waals surface area contributed by atoms with Crippen LogP contribution in [0, 0.1) is 0 Å². The molecule has 6 rings (SSSR count). The van der Waals surface area contributed by atoms with Crippen molar-refractivity contribution in [1.29, 1.82) is 0 Å². The van der Waals surface area contributed by atoms with Gasteiger partial charge in [-0.05, 0) is 76.4 Å². The minimum absolute atomic E-state index is 0.207. The van der Waals surface area contributed by atoms with Crippen molar-refractivity contribution < 1.29 is 9.53 Å². The number of hydrogen-bond acceptors (Lipinski definition) is 6. The molecule has 0 spiro atoms. The zero-order valence-electron chi connectivity index (χ0n) is 23.2. The number of aromatic amines is 1. The number of hydrogen-bond donors (Lipinski definition) is 2. The second-order valence-electron chi connectivity index (χ2n) is 9.82. The van der Waals surface area contributed by atoms with Gasteiger partial charge in [-0.15, -0.1) is 5.10 Å². The molecule has 0 aliphatic heterocycles. The number of carbonyl (C=O) groups excluding carboxylic acids is 1. The number of fused-ring (bicyclic) bond motifs is 1. The third kappa shape index (κ3) is 6.09. The van der Waals surface area contributed by atoms with E-state index in [0.717, 1.165) is 27.8 Å². The molecule has 0 aliphatic carbocycles. The van der Waals surface area contributed by atoms with Crippen LogP contribution in [0.5, 0.6) is 6.01 Å². The molecule has 2 N–H and O–H groups in total. The van der Waals surface area contributed by atoms with Crippen LogP contribution in [0.15, 0.2) is 84.9 Å². The normalized spacial score (nSPS) is 11.1. The zero-order valence-corrected chi connectivity index (χ0v) is 24.7. The number of aromatic nitrogens is 6. The molecule has 11 heteroatoms. The van der Waals surface area contributed by atoms with Gasteiger partial charge in [-0.3, -0.25) is 9.36 Å². The average Bonchev–Trinajstić information content (AvgIpc) is 3.68. The van der Waals surface area contributed by atoms with Gasteiger partial charge in [-0.25, -0.2) is 5.10 Å². The summed E-state index contributed by atoms with van der Waals surface area (Å²) in [5, 5.41) is 18.6. The standard InChI is InChI=1S/C32H27Cl2N7O2/c1-2-43-32-36-28-9-5-8-26(31(42)35-17-16-22-18-23(33)14-15-27(22)34)29(28)41(32)19-20-10-12-21(13-11-20)24-6-3-4-7-25(24)30-37-39-40-38-30/h3-15,18H,2,16-17,19H2,1H3,(H,35,42)(H,37,38,39,40). The van der Waals surface area contributed by atoms with Crippen LogP contribution in [0.1, 0.15) is 28.4 Å². The van der Waals surface area contributed by atoms with Crippen LogP contribution in [0.3, 0.4) is 0 Å². The molecule has 0 saturated heterocycles. The topological polar surface area (TPSA) is 111 Å². The SMILES string of the molecule is CCOc1nc2cccc(C(=O)NCCc3cc(Cl)ccc3Cl)c2n1Cc1ccc(-c2ccccc2-c2nnn[nH]2)cc1. The fourth-order valence-corrected chi connectivity index (χ4v) is 5.47. The molecule has 6 aromatic rings. The van der Waals surface area contributed by atoms with Gasteiger partial charge in [0.15, 0.2) is 5.82 Å². The molecule has 2 heterocycles. The van der Waals surface area contributed by atoms with E-state index in [2.05, 4.69) is 50.2 Å². The maximum absolute atomic E-state index is 13.4. The fraction of sp³-hybridized carbons (Fsp3) is 0.156. The highest BCUT2D eigenvalue weighted by molar-refractivity contribution is 6.33. The van der Waals surface area contributed by atoms with Gasteiger partial charge >= 0.3 is 0 Å². The average molecular weight is 613 g/mol. The van der Waals surface area contributed by atoms with Gasteiger partial charge < -0.3 is 10.1 Å². The number of ether oxygens (including phenoxy) is 1. The zero-order chi connectivity index (χ0) is 29.8. The van der Waals surface area contributed by atoms with Crippen molar-refractivity contribution in [2.24, 2.45) is 0 Å². The van der Waals surface area contributed by atoms with Gasteiger partial charge in [0, 0.05) is 22.2 Å². The van der Waals surface area contributed by atoms with E-state index in [1.54, 1.807) is 18.2 Å². The highest BCUT2D eigenvalue weighted by Crippen LogP contribution is 2.31. The lowest BCUT2D eigenvalue weighted by atomic mass is 9.98. The Hall–Kier alpha value is -4.73. The van der Waals surface area contributed by atoms with Gasteiger partial charge in [0.05, 0.1) is 29.7 Å². The van der Waals surface area contributed by atoms with Crippen molar-refractivity contribution in [2.45, 2.75) is 19.9 Å². The summed E-state index contributed by atoms with van der Waals surface area (Å²) in [5.41, 5.74) is 6.74. The van der Waals surface area contributed by atoms with Crippen LogP contribution in [-0.4, -0.2) is 49.2 Å². The highest BCUT2D eigenvalue weighted by atomic mass is 35.5. The molecule has 4 aromatic carbocycles. The molecule has 2 aromatic heterocycles. The van der Waals surface area contributed by atoms with Crippen LogP contribution >= 0.6 is 23.2 Å². The first-order valence-electron chi connectivity index (χ1n) is 13.8. The van der Waals surface area contributed by atoms with Gasteiger partial charge in [0.25, 0.3) is 11.9 Å². The molecule has 0 unspecified atom stereocenters. The van der Waals surface area contributed by atoms with E-state index in [-0.39, 0.29) is 5.91 Å². The Kier molecular flexibility index (Phi) is 8.35. The first-order valence-corrected chi connectivity index (χ1v) is 14.5. The van der Waals surface area contributed by atoms with E-state index in [9.17, 15) is 4.79 Å². The summed E-state index contributed by atoms with van der Waals surface area (Å²) in [5.74, 6) is 0.397. The number of tetrazole rings is 1. The van der Waals surface area contributed by atoms with E-state index >= 15 is 0 Å². The van der Waals surface area contributed by atoms with Crippen molar-refractivity contribution in [3.8, 4) is 28.5 Å². The van der Waals surface area contributed by atoms with Crippen molar-refractivity contribution in [3.63, 3.8) is 0 Å². The molecule has 0 aliphatic rings. The number of rotatable bonds is 10. The van der Waals surface area contributed by atoms with Crippen molar-refractivity contribution in [3.05, 3.63) is 112 Å². The number of halogens is 2. The first kappa shape index (κ1) is 28.4. The largest absolute Gasteiger partial charge is 0.465 e. The number of para-hydroxylation sites is 1. The number of H-pyrrole nitrogens is 1. The Morgan fingerprint density at radius 3 is 2.56 bits per heavy atom. The Bertz CT molecular complexity index is 1890. The third-order valence-corrected chi connectivity index (χ3v) is 7.67. The summed E-state index contributed by atoms with van der Waals surface area (Å²) in [4.78, 5) is 18.1. The summed E-state index contributed by atoms with van der Waals surface area (Å²) in [6.07, 6.45) is 0.549. The second-order valence-corrected chi connectivity index (χ2v) is 10.7. The van der Waals surface area contributed by atoms with Gasteiger partial charge in [0.2, 0.25) is 0 Å². The smallest absolute Gasteiger partial charge is 0.297 e. The molecular formula is C32H27Cl2N7O2. The number of amides is 1. The molecule has 0 saturated carbocycles. The van der Waals surface area contributed by atoms with Gasteiger partial charge in [-0.2, -0.15) is 4.98 Å². The van der Waals surface area contributed by atoms with E-state index in [0.29, 0.717) is 64.6 Å². The van der Waals surface area contributed by atoms with Crippen LogP contribution < -0.4 is 10.1 Å². The van der Waals surface area contributed by atoms with E-state index in [1.165, 1.54) is 0 Å². The highest BCUT2D eigenvalue weighted by Gasteiger charge is 2.20. The Morgan fingerprint density at radius 1 is 0.977 bits per heavy atom. The summed E-state index contributed by atoms with van der Waals surface area (Å²) >= 11 is 12.4. The number of imidazole rings is 1. The Labute approximate surface area is 257 Å². The van der Waals surface area contributed by atoms with E-state index < -0.39 is 0 Å². The van der Waals surface area contributed by atoms with Gasteiger partial charge in [-0.1, -0.05) is 77.8 Å². The predicted octanol–water partition coefficient (Wildman–Crippen LogP) is 6.61. The molecule has 216 valence electrons. The molecular weight excluding hydrogens is 585 g/mol. The fourth-order valence-electron chi connectivity index (χ4n) is 5.06. The molecule has 43 heavy (non-hydrogen) atoms. The molecule has 0 radical (unpaired) electrons. The minimum atomic E-state index is -0.207. The number of benzene rings is 4. The second kappa shape index (κ2) is 12.6. The summed E-state index contributed by atoms with van der Waals surface area (Å²) in [6.45, 7) is 3.21. The number of nitrogens with one attached hydrogen (secondary N) is 2. The number of nitrogens with zero attached hydrogens (tertiary/aromatic N) is 5. The summed E-state index contributed by atoms with van der Waals surface area (Å²) in [6, 6.07) is 27.5. The van der Waals surface area contributed by atoms with Crippen LogP contribution in [0.2, 0.25) is 10.0 Å². The third-order valence-electron chi connectivity index (χ3n) is 7.07. The van der Waals surface area contributed by atoms with Gasteiger partial charge in [0.1, 0.15) is 0 Å². The van der Waals surface area contributed by atoms with E-state index in [4.69, 9.17) is 32.9 Å². The lowest BCUT2D eigenvalue weighted by molar-refractivity contribution is 0.0955. The first-order chi connectivity index (χ1) is 21.0. The lowest BCUT2D eigenvalue weighted by Crippen LogP contribution is -2.26. The monoisotopic (exact) mass is 611 g/mol. The van der Waals surface area contributed by atoms with Crippen molar-refractivity contribution in [1.82, 2.24) is 35.5 Å². The van der Waals surface area contributed by atoms with Crippen LogP contribution in [0.4, 0.5) is 0 Å². The minimum Gasteiger partial charge on any atom is -0.465 e.